The zero-order valence-corrected chi connectivity index (χ0v) is 11.3. The van der Waals surface area contributed by atoms with Crippen LogP contribution in [0.2, 0.25) is 10.0 Å². The van der Waals surface area contributed by atoms with E-state index in [1.807, 2.05) is 0 Å². The minimum absolute atomic E-state index is 0.0963. The van der Waals surface area contributed by atoms with Gasteiger partial charge in [-0.25, -0.2) is 0 Å². The maximum absolute atomic E-state index is 11.8. The third-order valence-corrected chi connectivity index (χ3v) is 4.20. The zero-order valence-electron chi connectivity index (χ0n) is 9.78. The van der Waals surface area contributed by atoms with Gasteiger partial charge in [0.15, 0.2) is 0 Å². The van der Waals surface area contributed by atoms with Crippen LogP contribution in [0.4, 0.5) is 0 Å². The standard InChI is InChI=1S/C13H12Cl2O3/c1-2-17-13(16)10-6-5-18-12-8(15)4-3-7(14)11(12)9(6)10/h3-4,6,9-10H,2,5H2,1H3/t6-,9+,10-/m1/s1. The summed E-state index contributed by atoms with van der Waals surface area (Å²) in [7, 11) is 0. The van der Waals surface area contributed by atoms with E-state index in [0.717, 1.165) is 5.56 Å². The maximum atomic E-state index is 11.8. The summed E-state index contributed by atoms with van der Waals surface area (Å²) in [6.07, 6.45) is 0. The lowest BCUT2D eigenvalue weighted by atomic mass is 10.1. The summed E-state index contributed by atoms with van der Waals surface area (Å²) in [4.78, 5) is 11.8. The molecule has 0 saturated heterocycles. The van der Waals surface area contributed by atoms with Crippen LogP contribution in [0.1, 0.15) is 18.4 Å². The number of ether oxygens (including phenoxy) is 2. The SMILES string of the molecule is CCOC(=O)[C@@H]1[C@@H]2COc3c(Cl)ccc(Cl)c3[C@@H]21. The van der Waals surface area contributed by atoms with Crippen LogP contribution in [0.5, 0.6) is 5.75 Å². The second kappa shape index (κ2) is 4.32. The van der Waals surface area contributed by atoms with Crippen molar-refractivity contribution in [3.8, 4) is 5.75 Å². The fourth-order valence-electron chi connectivity index (χ4n) is 2.72. The van der Waals surface area contributed by atoms with Gasteiger partial charge in [0.25, 0.3) is 0 Å². The molecule has 3 rings (SSSR count). The third kappa shape index (κ3) is 1.69. The molecule has 1 aromatic rings. The molecular formula is C13H12Cl2O3. The van der Waals surface area contributed by atoms with E-state index in [1.54, 1.807) is 19.1 Å². The Balaban J connectivity index is 1.95. The lowest BCUT2D eigenvalue weighted by Crippen LogP contribution is -2.10. The van der Waals surface area contributed by atoms with Gasteiger partial charge in [-0.1, -0.05) is 23.2 Å². The number of hydrogen-bond acceptors (Lipinski definition) is 3. The van der Waals surface area contributed by atoms with E-state index in [-0.39, 0.29) is 23.7 Å². The van der Waals surface area contributed by atoms with Gasteiger partial charge in [0.05, 0.1) is 24.2 Å². The number of carbonyl (C=O) groups is 1. The summed E-state index contributed by atoms with van der Waals surface area (Å²) in [6.45, 7) is 2.70. The fraction of sp³-hybridized carbons (Fsp3) is 0.462. The highest BCUT2D eigenvalue weighted by atomic mass is 35.5. The molecule has 0 N–H and O–H groups in total. The zero-order chi connectivity index (χ0) is 12.9. The second-order valence-electron chi connectivity index (χ2n) is 4.55. The van der Waals surface area contributed by atoms with Crippen LogP contribution in [-0.4, -0.2) is 19.2 Å². The summed E-state index contributed by atoms with van der Waals surface area (Å²) >= 11 is 12.3. The van der Waals surface area contributed by atoms with E-state index in [4.69, 9.17) is 32.7 Å². The number of fused-ring (bicyclic) bond motifs is 3. The van der Waals surface area contributed by atoms with E-state index in [0.29, 0.717) is 29.0 Å². The maximum Gasteiger partial charge on any atom is 0.309 e. The summed E-state index contributed by atoms with van der Waals surface area (Å²) < 4.78 is 10.7. The van der Waals surface area contributed by atoms with Gasteiger partial charge in [-0.05, 0) is 19.1 Å². The van der Waals surface area contributed by atoms with Crippen molar-refractivity contribution in [2.75, 3.05) is 13.2 Å². The molecule has 18 heavy (non-hydrogen) atoms. The highest BCUT2D eigenvalue weighted by molar-refractivity contribution is 6.35. The molecule has 3 nitrogen and oxygen atoms in total. The van der Waals surface area contributed by atoms with Gasteiger partial charge in [-0.15, -0.1) is 0 Å². The van der Waals surface area contributed by atoms with Crippen molar-refractivity contribution in [3.05, 3.63) is 27.7 Å². The van der Waals surface area contributed by atoms with Crippen molar-refractivity contribution in [3.63, 3.8) is 0 Å². The molecule has 0 aromatic heterocycles. The van der Waals surface area contributed by atoms with Crippen LogP contribution < -0.4 is 4.74 Å². The van der Waals surface area contributed by atoms with Crippen LogP contribution in [-0.2, 0) is 9.53 Å². The van der Waals surface area contributed by atoms with Crippen molar-refractivity contribution < 1.29 is 14.3 Å². The molecule has 0 amide bonds. The minimum atomic E-state index is -0.167. The number of carbonyl (C=O) groups excluding carboxylic acids is 1. The number of halogens is 2. The monoisotopic (exact) mass is 286 g/mol. The van der Waals surface area contributed by atoms with Crippen molar-refractivity contribution in [2.24, 2.45) is 11.8 Å². The van der Waals surface area contributed by atoms with Gasteiger partial charge in [-0.3, -0.25) is 4.79 Å². The fourth-order valence-corrected chi connectivity index (χ4v) is 3.21. The smallest absolute Gasteiger partial charge is 0.309 e. The van der Waals surface area contributed by atoms with E-state index in [2.05, 4.69) is 0 Å². The first-order valence-electron chi connectivity index (χ1n) is 5.92. The Morgan fingerprint density at radius 1 is 1.44 bits per heavy atom. The van der Waals surface area contributed by atoms with Gasteiger partial charge in [0, 0.05) is 22.4 Å². The number of rotatable bonds is 2. The molecule has 96 valence electrons. The topological polar surface area (TPSA) is 35.5 Å². The lowest BCUT2D eigenvalue weighted by molar-refractivity contribution is -0.145. The first-order chi connectivity index (χ1) is 8.65. The second-order valence-corrected chi connectivity index (χ2v) is 5.36. The Bertz CT molecular complexity index is 515. The molecule has 0 bridgehead atoms. The Labute approximate surface area is 115 Å². The van der Waals surface area contributed by atoms with Crippen LogP contribution >= 0.6 is 23.2 Å². The Kier molecular flexibility index (Phi) is 2.91. The van der Waals surface area contributed by atoms with Gasteiger partial charge >= 0.3 is 5.97 Å². The molecule has 0 unspecified atom stereocenters. The van der Waals surface area contributed by atoms with Gasteiger partial charge < -0.3 is 9.47 Å². The average Bonchev–Trinajstić information content (AvgIpc) is 3.08. The van der Waals surface area contributed by atoms with Crippen molar-refractivity contribution in [1.82, 2.24) is 0 Å². The molecule has 1 aliphatic heterocycles. The average molecular weight is 287 g/mol. The van der Waals surface area contributed by atoms with E-state index in [1.165, 1.54) is 0 Å². The first kappa shape index (κ1) is 12.1. The molecule has 5 heteroatoms. The van der Waals surface area contributed by atoms with Crippen molar-refractivity contribution in [1.29, 1.82) is 0 Å². The van der Waals surface area contributed by atoms with Crippen molar-refractivity contribution >= 4 is 29.2 Å². The third-order valence-electron chi connectivity index (χ3n) is 3.58. The summed E-state index contributed by atoms with van der Waals surface area (Å²) in [5.41, 5.74) is 0.860. The van der Waals surface area contributed by atoms with Crippen LogP contribution in [0.25, 0.3) is 0 Å². The van der Waals surface area contributed by atoms with E-state index < -0.39 is 0 Å². The van der Waals surface area contributed by atoms with Crippen molar-refractivity contribution in [2.45, 2.75) is 12.8 Å². The molecule has 1 fully saturated rings. The van der Waals surface area contributed by atoms with E-state index in [9.17, 15) is 4.79 Å². The number of hydrogen-bond donors (Lipinski definition) is 0. The molecule has 0 spiro atoms. The highest BCUT2D eigenvalue weighted by Crippen LogP contribution is 2.62. The Morgan fingerprint density at radius 3 is 2.89 bits per heavy atom. The van der Waals surface area contributed by atoms with Gasteiger partial charge in [-0.2, -0.15) is 0 Å². The molecule has 1 aliphatic carbocycles. The number of esters is 1. The lowest BCUT2D eigenvalue weighted by Gasteiger charge is -2.18. The Morgan fingerprint density at radius 2 is 2.17 bits per heavy atom. The van der Waals surface area contributed by atoms with Gasteiger partial charge in [0.2, 0.25) is 0 Å². The predicted octanol–water partition coefficient (Wildman–Crippen LogP) is 3.28. The molecule has 2 aliphatic rings. The van der Waals surface area contributed by atoms with Crippen LogP contribution in [0.3, 0.4) is 0 Å². The summed E-state index contributed by atoms with van der Waals surface area (Å²) in [5.74, 6) is 0.589. The summed E-state index contributed by atoms with van der Waals surface area (Å²) in [5, 5.41) is 1.15. The molecular weight excluding hydrogens is 275 g/mol. The van der Waals surface area contributed by atoms with Crippen LogP contribution in [0, 0.1) is 11.8 Å². The normalized spacial score (nSPS) is 27.8. The summed E-state index contributed by atoms with van der Waals surface area (Å²) in [6, 6.07) is 3.46. The molecule has 1 aromatic carbocycles. The largest absolute Gasteiger partial charge is 0.491 e. The van der Waals surface area contributed by atoms with Crippen LogP contribution in [0.15, 0.2) is 12.1 Å². The van der Waals surface area contributed by atoms with E-state index >= 15 is 0 Å². The minimum Gasteiger partial charge on any atom is -0.491 e. The first-order valence-corrected chi connectivity index (χ1v) is 6.68. The molecule has 0 radical (unpaired) electrons. The molecule has 3 atom stereocenters. The van der Waals surface area contributed by atoms with Gasteiger partial charge in [0.1, 0.15) is 5.75 Å². The quantitative estimate of drug-likeness (QED) is 0.783. The highest BCUT2D eigenvalue weighted by Gasteiger charge is 2.60. The number of benzene rings is 1. The predicted molar refractivity (Wildman–Crippen MR) is 68.3 cm³/mol. The molecule has 1 heterocycles. The Hall–Kier alpha value is -0.930. The molecule has 1 saturated carbocycles.